The van der Waals surface area contributed by atoms with Crippen LogP contribution in [0.1, 0.15) is 40.5 Å². The van der Waals surface area contributed by atoms with E-state index in [9.17, 15) is 14.4 Å². The van der Waals surface area contributed by atoms with Crippen LogP contribution in [0.5, 0.6) is 0 Å². The fourth-order valence-corrected chi connectivity index (χ4v) is 3.91. The van der Waals surface area contributed by atoms with Crippen molar-refractivity contribution in [1.82, 2.24) is 10.6 Å². The summed E-state index contributed by atoms with van der Waals surface area (Å²) in [6.07, 6.45) is 0.482. The molecule has 0 aliphatic carbocycles. The SMILES string of the molecule is CC(C)COCCNC(=O)C(CC(=O)NCCOCC1CS1)SCCC(=O)C(C)C. The van der Waals surface area contributed by atoms with Crippen LogP contribution < -0.4 is 10.6 Å². The van der Waals surface area contributed by atoms with Crippen LogP contribution in [-0.2, 0) is 23.9 Å². The number of hydrogen-bond acceptors (Lipinski definition) is 7. The molecule has 7 nitrogen and oxygen atoms in total. The number of nitrogens with one attached hydrogen (secondary N) is 2. The van der Waals surface area contributed by atoms with Crippen molar-refractivity contribution in [3.05, 3.63) is 0 Å². The number of rotatable bonds is 18. The lowest BCUT2D eigenvalue weighted by molar-refractivity contribution is -0.126. The van der Waals surface area contributed by atoms with Crippen molar-refractivity contribution >= 4 is 41.1 Å². The van der Waals surface area contributed by atoms with Crippen LogP contribution in [0, 0.1) is 11.8 Å². The summed E-state index contributed by atoms with van der Waals surface area (Å²) in [5.74, 6) is 1.89. The molecule has 2 amide bonds. The topological polar surface area (TPSA) is 93.7 Å². The molecule has 2 N–H and O–H groups in total. The number of thioether (sulfide) groups is 2. The Bertz CT molecular complexity index is 528. The van der Waals surface area contributed by atoms with E-state index in [1.165, 1.54) is 11.8 Å². The zero-order valence-corrected chi connectivity index (χ0v) is 20.4. The van der Waals surface area contributed by atoms with Gasteiger partial charge in [0.2, 0.25) is 11.8 Å². The van der Waals surface area contributed by atoms with Gasteiger partial charge in [-0.3, -0.25) is 14.4 Å². The molecule has 0 spiro atoms. The van der Waals surface area contributed by atoms with Crippen molar-refractivity contribution in [3.63, 3.8) is 0 Å². The van der Waals surface area contributed by atoms with E-state index in [1.807, 2.05) is 25.6 Å². The van der Waals surface area contributed by atoms with Gasteiger partial charge in [-0.2, -0.15) is 11.8 Å². The molecule has 0 aromatic heterocycles. The zero-order valence-electron chi connectivity index (χ0n) is 18.7. The molecule has 9 heteroatoms. The summed E-state index contributed by atoms with van der Waals surface area (Å²) < 4.78 is 11.0. The number of Topliss-reactive ketones (excluding diaryl/α,β-unsaturated/α-hetero) is 1. The van der Waals surface area contributed by atoms with Crippen molar-refractivity contribution < 1.29 is 23.9 Å². The van der Waals surface area contributed by atoms with E-state index in [4.69, 9.17) is 9.47 Å². The predicted octanol–water partition coefficient (Wildman–Crippen LogP) is 2.13. The molecular formula is C21H38N2O5S2. The fraction of sp³-hybridized carbons (Fsp3) is 0.857. The number of hydrogen-bond donors (Lipinski definition) is 2. The van der Waals surface area contributed by atoms with Gasteiger partial charge in [0.05, 0.1) is 25.1 Å². The van der Waals surface area contributed by atoms with E-state index in [0.29, 0.717) is 56.3 Å². The molecule has 1 heterocycles. The lowest BCUT2D eigenvalue weighted by Gasteiger charge is -2.17. The summed E-state index contributed by atoms with van der Waals surface area (Å²) in [5, 5.41) is 5.74. The average molecular weight is 463 g/mol. The van der Waals surface area contributed by atoms with Gasteiger partial charge < -0.3 is 20.1 Å². The predicted molar refractivity (Wildman–Crippen MR) is 124 cm³/mol. The summed E-state index contributed by atoms with van der Waals surface area (Å²) in [7, 11) is 0. The molecule has 0 aromatic rings. The molecule has 0 aromatic carbocycles. The van der Waals surface area contributed by atoms with Crippen LogP contribution in [0.25, 0.3) is 0 Å². The normalized spacial score (nSPS) is 16.5. The zero-order chi connectivity index (χ0) is 22.4. The highest BCUT2D eigenvalue weighted by Crippen LogP contribution is 2.29. The van der Waals surface area contributed by atoms with Crippen LogP contribution in [0.4, 0.5) is 0 Å². The third-order valence-corrected chi connectivity index (χ3v) is 6.41. The highest BCUT2D eigenvalue weighted by Gasteiger charge is 2.23. The molecule has 1 fully saturated rings. The maximum atomic E-state index is 12.6. The number of ether oxygens (including phenoxy) is 2. The lowest BCUT2D eigenvalue weighted by atomic mass is 10.1. The van der Waals surface area contributed by atoms with E-state index in [1.54, 1.807) is 0 Å². The number of amides is 2. The Morgan fingerprint density at radius 2 is 1.73 bits per heavy atom. The van der Waals surface area contributed by atoms with Gasteiger partial charge in [0.15, 0.2) is 0 Å². The number of ketones is 1. The van der Waals surface area contributed by atoms with Crippen LogP contribution in [0.3, 0.4) is 0 Å². The molecule has 1 saturated heterocycles. The largest absolute Gasteiger partial charge is 0.379 e. The van der Waals surface area contributed by atoms with Crippen molar-refractivity contribution in [2.45, 2.75) is 51.0 Å². The first-order chi connectivity index (χ1) is 14.3. The van der Waals surface area contributed by atoms with E-state index in [2.05, 4.69) is 24.5 Å². The van der Waals surface area contributed by atoms with Gasteiger partial charge in [0.25, 0.3) is 0 Å². The van der Waals surface area contributed by atoms with Gasteiger partial charge in [-0.05, 0) is 5.92 Å². The molecule has 1 aliphatic rings. The first-order valence-electron chi connectivity index (χ1n) is 10.7. The molecule has 1 rings (SSSR count). The first-order valence-corrected chi connectivity index (χ1v) is 12.8. The third kappa shape index (κ3) is 14.3. The van der Waals surface area contributed by atoms with E-state index >= 15 is 0 Å². The Hall–Kier alpha value is -0.770. The van der Waals surface area contributed by atoms with Crippen LogP contribution in [0.15, 0.2) is 0 Å². The second kappa shape index (κ2) is 15.9. The quantitative estimate of drug-likeness (QED) is 0.238. The van der Waals surface area contributed by atoms with Gasteiger partial charge in [-0.15, -0.1) is 11.8 Å². The van der Waals surface area contributed by atoms with Crippen molar-refractivity contribution in [3.8, 4) is 0 Å². The van der Waals surface area contributed by atoms with E-state index in [0.717, 1.165) is 12.4 Å². The Morgan fingerprint density at radius 1 is 1.07 bits per heavy atom. The van der Waals surface area contributed by atoms with Crippen molar-refractivity contribution in [2.24, 2.45) is 11.8 Å². The van der Waals surface area contributed by atoms with Crippen molar-refractivity contribution in [2.75, 3.05) is 51.0 Å². The minimum Gasteiger partial charge on any atom is -0.379 e. The monoisotopic (exact) mass is 462 g/mol. The molecule has 2 atom stereocenters. The smallest absolute Gasteiger partial charge is 0.233 e. The van der Waals surface area contributed by atoms with Gasteiger partial charge >= 0.3 is 0 Å². The number of carbonyl (C=O) groups excluding carboxylic acids is 3. The third-order valence-electron chi connectivity index (χ3n) is 4.25. The highest BCUT2D eigenvalue weighted by molar-refractivity contribution is 8.06. The summed E-state index contributed by atoms with van der Waals surface area (Å²) in [6, 6.07) is 0. The van der Waals surface area contributed by atoms with Gasteiger partial charge in [-0.1, -0.05) is 27.7 Å². The molecule has 30 heavy (non-hydrogen) atoms. The van der Waals surface area contributed by atoms with Crippen LogP contribution in [0.2, 0.25) is 0 Å². The summed E-state index contributed by atoms with van der Waals surface area (Å²) in [4.78, 5) is 36.7. The molecule has 2 unspecified atom stereocenters. The summed E-state index contributed by atoms with van der Waals surface area (Å²) >= 11 is 3.23. The maximum Gasteiger partial charge on any atom is 0.233 e. The molecular weight excluding hydrogens is 424 g/mol. The lowest BCUT2D eigenvalue weighted by Crippen LogP contribution is -2.39. The summed E-state index contributed by atoms with van der Waals surface area (Å²) in [5.41, 5.74) is 0. The second-order valence-electron chi connectivity index (χ2n) is 8.07. The van der Waals surface area contributed by atoms with E-state index < -0.39 is 5.25 Å². The average Bonchev–Trinajstić information content (AvgIpc) is 3.50. The van der Waals surface area contributed by atoms with Gasteiger partial charge in [0.1, 0.15) is 5.78 Å². The standard InChI is InChI=1S/C21H38N2O5S2/c1-15(2)12-27-9-7-23-21(26)19(29-10-5-18(24)16(3)4)11-20(25)22-6-8-28-13-17-14-30-17/h15-17,19H,5-14H2,1-4H3,(H,22,25)(H,23,26). The van der Waals surface area contributed by atoms with E-state index in [-0.39, 0.29) is 29.9 Å². The molecule has 174 valence electrons. The van der Waals surface area contributed by atoms with Gasteiger partial charge in [-0.25, -0.2) is 0 Å². The Balaban J connectivity index is 2.35. The molecule has 1 aliphatic heterocycles. The molecule has 0 bridgehead atoms. The van der Waals surface area contributed by atoms with Crippen LogP contribution in [-0.4, -0.2) is 79.1 Å². The fourth-order valence-electron chi connectivity index (χ4n) is 2.38. The minimum atomic E-state index is -0.529. The molecule has 0 saturated carbocycles. The van der Waals surface area contributed by atoms with Crippen molar-refractivity contribution in [1.29, 1.82) is 0 Å². The number of carbonyl (C=O) groups is 3. The minimum absolute atomic E-state index is 0.0201. The van der Waals surface area contributed by atoms with Crippen LogP contribution >= 0.6 is 23.5 Å². The Morgan fingerprint density at radius 3 is 2.37 bits per heavy atom. The summed E-state index contributed by atoms with van der Waals surface area (Å²) in [6.45, 7) is 11.0. The second-order valence-corrected chi connectivity index (χ2v) is 10.7. The maximum absolute atomic E-state index is 12.6. The first kappa shape index (κ1) is 27.3. The highest BCUT2D eigenvalue weighted by atomic mass is 32.2. The van der Waals surface area contributed by atoms with Gasteiger partial charge in [0, 0.05) is 55.2 Å². The molecule has 0 radical (unpaired) electrons. The Labute approximate surface area is 189 Å². The Kier molecular flexibility index (Phi) is 14.5.